The Labute approximate surface area is 147 Å². The molecule has 1 aliphatic heterocycles. The molecule has 0 spiro atoms. The predicted octanol–water partition coefficient (Wildman–Crippen LogP) is 2.13. The summed E-state index contributed by atoms with van der Waals surface area (Å²) in [6, 6.07) is 2.68. The molecule has 0 atom stereocenters. The van der Waals surface area contributed by atoms with Crippen LogP contribution in [-0.2, 0) is 6.42 Å². The number of aromatic nitrogens is 2. The van der Waals surface area contributed by atoms with E-state index in [0.717, 1.165) is 11.8 Å². The Balaban J connectivity index is 2.25. The number of aromatic amines is 1. The second-order valence-corrected chi connectivity index (χ2v) is 6.14. The summed E-state index contributed by atoms with van der Waals surface area (Å²) in [5, 5.41) is 8.35. The number of H-pyrrole nitrogens is 1. The van der Waals surface area contributed by atoms with E-state index in [0.29, 0.717) is 46.6 Å². The van der Waals surface area contributed by atoms with Crippen molar-refractivity contribution in [1.29, 1.82) is 5.41 Å². The third-order valence-electron chi connectivity index (χ3n) is 4.68. The van der Waals surface area contributed by atoms with Crippen molar-refractivity contribution < 1.29 is 9.13 Å². The average molecular weight is 353 g/mol. The second kappa shape index (κ2) is 5.55. The molecule has 1 aromatic carbocycles. The highest BCUT2D eigenvalue weighted by Crippen LogP contribution is 2.41. The van der Waals surface area contributed by atoms with Gasteiger partial charge in [-0.05, 0) is 18.6 Å². The molecule has 26 heavy (non-hydrogen) atoms. The van der Waals surface area contributed by atoms with Crippen molar-refractivity contribution in [2.75, 3.05) is 18.1 Å². The van der Waals surface area contributed by atoms with Crippen LogP contribution in [0.2, 0.25) is 0 Å². The lowest BCUT2D eigenvalue weighted by Crippen LogP contribution is -2.15. The maximum Gasteiger partial charge on any atom is 0.272 e. The van der Waals surface area contributed by atoms with Crippen LogP contribution >= 0.6 is 0 Å². The zero-order chi connectivity index (χ0) is 18.6. The molecule has 0 bridgehead atoms. The van der Waals surface area contributed by atoms with Crippen LogP contribution in [0.25, 0.3) is 22.0 Å². The van der Waals surface area contributed by atoms with Crippen molar-refractivity contribution in [3.8, 4) is 17.0 Å². The van der Waals surface area contributed by atoms with Gasteiger partial charge in [0, 0.05) is 34.7 Å². The molecule has 132 valence electrons. The number of hydrogen-bond donors (Lipinski definition) is 4. The zero-order valence-electron chi connectivity index (χ0n) is 13.9. The lowest BCUT2D eigenvalue weighted by Gasteiger charge is -2.16. The molecule has 0 radical (unpaired) electrons. The van der Waals surface area contributed by atoms with Crippen LogP contribution in [0.15, 0.2) is 16.9 Å². The third kappa shape index (κ3) is 2.08. The SMILES string of the molecule is Cc1nc2c(c3c(-c4ccc(F)c(N)c4C=N)c(N)c(=O)[nH]c13)CCO2. The lowest BCUT2D eigenvalue weighted by molar-refractivity contribution is 0.344. The van der Waals surface area contributed by atoms with E-state index in [1.165, 1.54) is 12.1 Å². The van der Waals surface area contributed by atoms with E-state index >= 15 is 0 Å². The molecule has 1 aliphatic rings. The fraction of sp³-hybridized carbons (Fsp3) is 0.167. The molecular weight excluding hydrogens is 337 g/mol. The first-order valence-electron chi connectivity index (χ1n) is 8.00. The molecule has 2 aromatic heterocycles. The van der Waals surface area contributed by atoms with Gasteiger partial charge >= 0.3 is 0 Å². The van der Waals surface area contributed by atoms with Gasteiger partial charge in [-0.15, -0.1) is 0 Å². The third-order valence-corrected chi connectivity index (χ3v) is 4.68. The number of nitrogens with zero attached hydrogens (tertiary/aromatic N) is 1. The molecule has 3 heterocycles. The number of ether oxygens (including phenoxy) is 1. The maximum absolute atomic E-state index is 13.9. The maximum atomic E-state index is 13.9. The number of hydrogen-bond acceptors (Lipinski definition) is 6. The fourth-order valence-corrected chi connectivity index (χ4v) is 3.44. The van der Waals surface area contributed by atoms with Gasteiger partial charge in [0.15, 0.2) is 0 Å². The number of nitrogens with two attached hydrogens (primary N) is 2. The van der Waals surface area contributed by atoms with Crippen molar-refractivity contribution in [1.82, 2.24) is 9.97 Å². The minimum atomic E-state index is -0.633. The van der Waals surface area contributed by atoms with Crippen LogP contribution < -0.4 is 21.8 Å². The monoisotopic (exact) mass is 353 g/mol. The van der Waals surface area contributed by atoms with Crippen LogP contribution in [0.5, 0.6) is 5.88 Å². The van der Waals surface area contributed by atoms with Crippen LogP contribution in [0.4, 0.5) is 15.8 Å². The minimum Gasteiger partial charge on any atom is -0.477 e. The smallest absolute Gasteiger partial charge is 0.272 e. The molecule has 7 nitrogen and oxygen atoms in total. The van der Waals surface area contributed by atoms with Crippen molar-refractivity contribution in [2.24, 2.45) is 0 Å². The topological polar surface area (TPSA) is 131 Å². The van der Waals surface area contributed by atoms with Gasteiger partial charge in [-0.1, -0.05) is 6.07 Å². The number of nitrogens with one attached hydrogen (secondary N) is 2. The van der Waals surface area contributed by atoms with Gasteiger partial charge in [-0.2, -0.15) is 0 Å². The van der Waals surface area contributed by atoms with Crippen LogP contribution in [0.1, 0.15) is 16.8 Å². The van der Waals surface area contributed by atoms with Crippen molar-refractivity contribution >= 4 is 28.5 Å². The van der Waals surface area contributed by atoms with Gasteiger partial charge in [-0.25, -0.2) is 9.37 Å². The number of halogens is 1. The van der Waals surface area contributed by atoms with Gasteiger partial charge < -0.3 is 26.6 Å². The van der Waals surface area contributed by atoms with E-state index in [9.17, 15) is 9.18 Å². The van der Waals surface area contributed by atoms with Crippen LogP contribution in [0, 0.1) is 18.2 Å². The summed E-state index contributed by atoms with van der Waals surface area (Å²) in [5.41, 5.74) is 14.2. The Morgan fingerprint density at radius 3 is 2.85 bits per heavy atom. The predicted molar refractivity (Wildman–Crippen MR) is 98.4 cm³/mol. The quantitative estimate of drug-likeness (QED) is 0.414. The number of aryl methyl sites for hydroxylation is 1. The van der Waals surface area contributed by atoms with Gasteiger partial charge in [0.1, 0.15) is 11.5 Å². The molecule has 8 heteroatoms. The van der Waals surface area contributed by atoms with E-state index < -0.39 is 11.4 Å². The first kappa shape index (κ1) is 16.1. The van der Waals surface area contributed by atoms with Crippen LogP contribution in [0.3, 0.4) is 0 Å². The molecule has 0 aliphatic carbocycles. The van der Waals surface area contributed by atoms with E-state index in [1.54, 1.807) is 6.92 Å². The summed E-state index contributed by atoms with van der Waals surface area (Å²) >= 11 is 0. The molecule has 3 aromatic rings. The number of nitrogen functional groups attached to an aromatic ring is 2. The number of rotatable bonds is 2. The Hall–Kier alpha value is -3.42. The Kier molecular flexibility index (Phi) is 3.43. The van der Waals surface area contributed by atoms with Gasteiger partial charge in [-0.3, -0.25) is 4.79 Å². The summed E-state index contributed by atoms with van der Waals surface area (Å²) < 4.78 is 19.5. The summed E-state index contributed by atoms with van der Waals surface area (Å²) in [4.78, 5) is 19.6. The molecule has 0 fully saturated rings. The van der Waals surface area contributed by atoms with Gasteiger partial charge in [0.2, 0.25) is 5.88 Å². The minimum absolute atomic E-state index is 0.0219. The Morgan fingerprint density at radius 1 is 1.35 bits per heavy atom. The molecule has 0 saturated carbocycles. The molecule has 6 N–H and O–H groups in total. The highest BCUT2D eigenvalue weighted by molar-refractivity contribution is 6.08. The molecular formula is C18H16FN5O2. The van der Waals surface area contributed by atoms with E-state index in [-0.39, 0.29) is 16.9 Å². The average Bonchev–Trinajstić information content (AvgIpc) is 3.07. The lowest BCUT2D eigenvalue weighted by atomic mass is 9.92. The van der Waals surface area contributed by atoms with Crippen molar-refractivity contribution in [3.05, 3.63) is 45.1 Å². The Bertz CT molecular complexity index is 1150. The molecule has 4 rings (SSSR count). The van der Waals surface area contributed by atoms with E-state index in [4.69, 9.17) is 21.6 Å². The van der Waals surface area contributed by atoms with E-state index in [2.05, 4.69) is 9.97 Å². The highest BCUT2D eigenvalue weighted by atomic mass is 19.1. The molecule has 0 unspecified atom stereocenters. The standard InChI is InChI=1S/C18H16FN5O2/c1-7-16-13(9-4-5-26-18(9)23-7)12(15(22)17(25)24-16)8-2-3-11(19)14(21)10(8)6-20/h2-3,6,20H,4-5,21-22H2,1H3,(H,24,25). The summed E-state index contributed by atoms with van der Waals surface area (Å²) in [5.74, 6) is -0.138. The summed E-state index contributed by atoms with van der Waals surface area (Å²) in [7, 11) is 0. The largest absolute Gasteiger partial charge is 0.477 e. The number of anilines is 2. The number of benzene rings is 1. The second-order valence-electron chi connectivity index (χ2n) is 6.14. The van der Waals surface area contributed by atoms with E-state index in [1.807, 2.05) is 0 Å². The highest BCUT2D eigenvalue weighted by Gasteiger charge is 2.25. The number of pyridine rings is 2. The number of fused-ring (bicyclic) bond motifs is 3. The molecule has 0 amide bonds. The van der Waals surface area contributed by atoms with Crippen molar-refractivity contribution in [3.63, 3.8) is 0 Å². The fourth-order valence-electron chi connectivity index (χ4n) is 3.44. The van der Waals surface area contributed by atoms with Crippen LogP contribution in [-0.4, -0.2) is 22.8 Å². The first-order chi connectivity index (χ1) is 12.4. The summed E-state index contributed by atoms with van der Waals surface area (Å²) in [6.45, 7) is 2.24. The summed E-state index contributed by atoms with van der Waals surface area (Å²) in [6.07, 6.45) is 1.57. The van der Waals surface area contributed by atoms with Gasteiger partial charge in [0.25, 0.3) is 5.56 Å². The van der Waals surface area contributed by atoms with Gasteiger partial charge in [0.05, 0.1) is 23.5 Å². The zero-order valence-corrected chi connectivity index (χ0v) is 13.9. The van der Waals surface area contributed by atoms with Crippen molar-refractivity contribution in [2.45, 2.75) is 13.3 Å². The molecule has 0 saturated heterocycles. The first-order valence-corrected chi connectivity index (χ1v) is 8.00. The normalized spacial score (nSPS) is 12.8. The Morgan fingerprint density at radius 2 is 2.12 bits per heavy atom.